The second kappa shape index (κ2) is 4.74. The molecule has 0 saturated carbocycles. The molecule has 4 nitrogen and oxygen atoms in total. The summed E-state index contributed by atoms with van der Waals surface area (Å²) in [6.07, 6.45) is 2.86. The molecular weight excluding hydrogens is 209 g/mol. The molecule has 0 bridgehead atoms. The molecule has 1 saturated heterocycles. The van der Waals surface area contributed by atoms with Crippen molar-refractivity contribution in [2.75, 3.05) is 24.6 Å². The van der Waals surface area contributed by atoms with E-state index in [-0.39, 0.29) is 18.3 Å². The van der Waals surface area contributed by atoms with Gasteiger partial charge in [-0.2, -0.15) is 0 Å². The number of rotatable bonds is 3. The van der Waals surface area contributed by atoms with E-state index in [4.69, 9.17) is 5.11 Å². The number of nitrogens with zero attached hydrogens (tertiary/aromatic N) is 3. The molecule has 1 aliphatic rings. The van der Waals surface area contributed by atoms with Crippen LogP contribution in [0.3, 0.4) is 0 Å². The molecule has 0 amide bonds. The molecule has 0 radical (unpaired) electrons. The van der Waals surface area contributed by atoms with Crippen LogP contribution in [0.1, 0.15) is 19.0 Å². The van der Waals surface area contributed by atoms with Crippen molar-refractivity contribution in [2.45, 2.75) is 19.8 Å². The number of anilines is 1. The van der Waals surface area contributed by atoms with Crippen molar-refractivity contribution in [3.8, 4) is 0 Å². The molecule has 1 atom stereocenters. The minimum Gasteiger partial charge on any atom is -0.396 e. The fraction of sp³-hybridized carbons (Fsp3) is 0.636. The van der Waals surface area contributed by atoms with Crippen LogP contribution in [0.4, 0.5) is 10.2 Å². The van der Waals surface area contributed by atoms with Gasteiger partial charge >= 0.3 is 0 Å². The lowest BCUT2D eigenvalue weighted by molar-refractivity contribution is 0.238. The minimum absolute atomic E-state index is 0.157. The molecule has 16 heavy (non-hydrogen) atoms. The topological polar surface area (TPSA) is 49.2 Å². The first-order valence-corrected chi connectivity index (χ1v) is 5.61. The molecule has 1 unspecified atom stereocenters. The highest BCUT2D eigenvalue weighted by molar-refractivity contribution is 5.42. The summed E-state index contributed by atoms with van der Waals surface area (Å²) in [6.45, 7) is 3.45. The van der Waals surface area contributed by atoms with Crippen molar-refractivity contribution in [3.63, 3.8) is 0 Å². The van der Waals surface area contributed by atoms with Crippen molar-refractivity contribution >= 4 is 5.82 Å². The predicted molar refractivity (Wildman–Crippen MR) is 58.8 cm³/mol. The number of halogens is 1. The monoisotopic (exact) mass is 225 g/mol. The Kier molecular flexibility index (Phi) is 3.33. The Morgan fingerprint density at radius 3 is 3.00 bits per heavy atom. The quantitative estimate of drug-likeness (QED) is 0.833. The molecule has 1 N–H and O–H groups in total. The highest BCUT2D eigenvalue weighted by atomic mass is 19.1. The first kappa shape index (κ1) is 11.3. The first-order valence-electron chi connectivity index (χ1n) is 5.61. The normalized spacial score (nSPS) is 20.4. The maximum absolute atomic E-state index is 13.9. The molecule has 1 aromatic rings. The van der Waals surface area contributed by atoms with Crippen LogP contribution in [0.15, 0.2) is 6.33 Å². The van der Waals surface area contributed by atoms with E-state index in [0.717, 1.165) is 13.0 Å². The largest absolute Gasteiger partial charge is 0.396 e. The van der Waals surface area contributed by atoms with E-state index >= 15 is 0 Å². The summed E-state index contributed by atoms with van der Waals surface area (Å²) in [7, 11) is 0. The Hall–Kier alpha value is -1.23. The van der Waals surface area contributed by atoms with E-state index < -0.39 is 0 Å². The molecule has 2 rings (SSSR count). The van der Waals surface area contributed by atoms with Crippen LogP contribution in [0.25, 0.3) is 0 Å². The van der Waals surface area contributed by atoms with Crippen molar-refractivity contribution in [1.29, 1.82) is 0 Å². The van der Waals surface area contributed by atoms with Gasteiger partial charge in [-0.3, -0.25) is 0 Å². The SMILES string of the molecule is CCc1ncnc(N2CCC(CO)C2)c1F. The Labute approximate surface area is 94.1 Å². The van der Waals surface area contributed by atoms with E-state index in [1.54, 1.807) is 0 Å². The molecule has 1 fully saturated rings. The standard InChI is InChI=1S/C11H16FN3O/c1-2-9-10(12)11(14-7-13-9)15-4-3-8(5-15)6-16/h7-8,16H,2-6H2,1H3. The van der Waals surface area contributed by atoms with E-state index in [1.165, 1.54) is 6.33 Å². The highest BCUT2D eigenvalue weighted by Gasteiger charge is 2.25. The molecule has 2 heterocycles. The zero-order valence-corrected chi connectivity index (χ0v) is 9.36. The van der Waals surface area contributed by atoms with Gasteiger partial charge in [0.2, 0.25) is 0 Å². The van der Waals surface area contributed by atoms with Gasteiger partial charge in [-0.05, 0) is 12.8 Å². The van der Waals surface area contributed by atoms with Gasteiger partial charge in [-0.1, -0.05) is 6.92 Å². The fourth-order valence-corrected chi connectivity index (χ4v) is 2.04. The molecular formula is C11H16FN3O. The maximum atomic E-state index is 13.9. The lowest BCUT2D eigenvalue weighted by Crippen LogP contribution is -2.23. The van der Waals surface area contributed by atoms with Crippen molar-refractivity contribution in [1.82, 2.24) is 9.97 Å². The van der Waals surface area contributed by atoms with Crippen molar-refractivity contribution in [2.24, 2.45) is 5.92 Å². The van der Waals surface area contributed by atoms with Crippen molar-refractivity contribution < 1.29 is 9.50 Å². The third-order valence-electron chi connectivity index (χ3n) is 3.02. The summed E-state index contributed by atoms with van der Waals surface area (Å²) < 4.78 is 13.9. The number of aliphatic hydroxyl groups is 1. The Morgan fingerprint density at radius 2 is 2.38 bits per heavy atom. The lowest BCUT2D eigenvalue weighted by Gasteiger charge is -2.18. The van der Waals surface area contributed by atoms with Gasteiger partial charge in [-0.25, -0.2) is 14.4 Å². The van der Waals surface area contributed by atoms with E-state index in [9.17, 15) is 4.39 Å². The highest BCUT2D eigenvalue weighted by Crippen LogP contribution is 2.24. The van der Waals surface area contributed by atoms with Crippen molar-refractivity contribution in [3.05, 3.63) is 17.8 Å². The number of hydrogen-bond acceptors (Lipinski definition) is 4. The van der Waals surface area contributed by atoms with Crippen LogP contribution >= 0.6 is 0 Å². The van der Waals surface area contributed by atoms with Gasteiger partial charge in [0.25, 0.3) is 0 Å². The van der Waals surface area contributed by atoms with E-state index in [0.29, 0.717) is 24.5 Å². The fourth-order valence-electron chi connectivity index (χ4n) is 2.04. The predicted octanol–water partition coefficient (Wildman–Crippen LogP) is 0.997. The Bertz CT molecular complexity index is 372. The van der Waals surface area contributed by atoms with E-state index in [2.05, 4.69) is 9.97 Å². The third-order valence-corrected chi connectivity index (χ3v) is 3.02. The number of aliphatic hydroxyl groups excluding tert-OH is 1. The summed E-state index contributed by atoms with van der Waals surface area (Å²) >= 11 is 0. The summed E-state index contributed by atoms with van der Waals surface area (Å²) in [5, 5.41) is 9.05. The van der Waals surface area contributed by atoms with Gasteiger partial charge in [0.1, 0.15) is 6.33 Å². The van der Waals surface area contributed by atoms with Crippen LogP contribution in [0, 0.1) is 11.7 Å². The van der Waals surface area contributed by atoms with E-state index in [1.807, 2.05) is 11.8 Å². The summed E-state index contributed by atoms with van der Waals surface area (Å²) in [4.78, 5) is 9.79. The summed E-state index contributed by atoms with van der Waals surface area (Å²) in [6, 6.07) is 0. The van der Waals surface area contributed by atoms with Gasteiger partial charge in [0, 0.05) is 25.6 Å². The molecule has 1 aromatic heterocycles. The lowest BCUT2D eigenvalue weighted by atomic mass is 10.1. The smallest absolute Gasteiger partial charge is 0.187 e. The van der Waals surface area contributed by atoms with Crippen LogP contribution in [0.2, 0.25) is 0 Å². The first-order chi connectivity index (χ1) is 7.76. The zero-order chi connectivity index (χ0) is 11.5. The second-order valence-electron chi connectivity index (χ2n) is 4.09. The molecule has 0 aromatic carbocycles. The van der Waals surface area contributed by atoms with Gasteiger partial charge in [-0.15, -0.1) is 0 Å². The van der Waals surface area contributed by atoms with Gasteiger partial charge < -0.3 is 10.0 Å². The Balaban J connectivity index is 2.21. The van der Waals surface area contributed by atoms with Gasteiger partial charge in [0.05, 0.1) is 5.69 Å². The van der Waals surface area contributed by atoms with Gasteiger partial charge in [0.15, 0.2) is 11.6 Å². The zero-order valence-electron chi connectivity index (χ0n) is 9.36. The molecule has 88 valence electrons. The van der Waals surface area contributed by atoms with Crippen LogP contribution in [-0.2, 0) is 6.42 Å². The number of aryl methyl sites for hydroxylation is 1. The average Bonchev–Trinajstić information content (AvgIpc) is 2.78. The third kappa shape index (κ3) is 2.00. The second-order valence-corrected chi connectivity index (χ2v) is 4.09. The van der Waals surface area contributed by atoms with Crippen LogP contribution in [-0.4, -0.2) is 34.8 Å². The molecule has 5 heteroatoms. The minimum atomic E-state index is -0.316. The van der Waals surface area contributed by atoms with Crippen LogP contribution in [0.5, 0.6) is 0 Å². The average molecular weight is 225 g/mol. The maximum Gasteiger partial charge on any atom is 0.187 e. The summed E-state index contributed by atoms with van der Waals surface area (Å²) in [5.74, 6) is 0.297. The Morgan fingerprint density at radius 1 is 1.56 bits per heavy atom. The number of aromatic nitrogens is 2. The summed E-state index contributed by atoms with van der Waals surface area (Å²) in [5.41, 5.74) is 0.456. The molecule has 0 aliphatic carbocycles. The van der Waals surface area contributed by atoms with Crippen LogP contribution < -0.4 is 4.90 Å². The molecule has 0 spiro atoms. The number of hydrogen-bond donors (Lipinski definition) is 1. The molecule has 1 aliphatic heterocycles.